The molecule has 3 aromatic rings. The third kappa shape index (κ3) is 2.47. The summed E-state index contributed by atoms with van der Waals surface area (Å²) in [5.41, 5.74) is 3.75. The lowest BCUT2D eigenvalue weighted by molar-refractivity contribution is 0.0693. The molecule has 1 unspecified atom stereocenters. The molecule has 1 aromatic heterocycles. The van der Waals surface area contributed by atoms with Gasteiger partial charge in [0.25, 0.3) is 0 Å². The van der Waals surface area contributed by atoms with Crippen molar-refractivity contribution >= 4 is 17.0 Å². The predicted octanol–water partition coefficient (Wildman–Crippen LogP) is 3.90. The van der Waals surface area contributed by atoms with Gasteiger partial charge in [0.15, 0.2) is 5.75 Å². The number of aromatic nitrogens is 2. The first kappa shape index (κ1) is 15.7. The van der Waals surface area contributed by atoms with Crippen molar-refractivity contribution in [2.75, 3.05) is 0 Å². The number of carboxylic acids is 1. The molecular weight excluding hydrogens is 316 g/mol. The Labute approximate surface area is 145 Å². The van der Waals surface area contributed by atoms with E-state index in [1.807, 2.05) is 48.9 Å². The smallest absolute Gasteiger partial charge is 0.336 e. The van der Waals surface area contributed by atoms with E-state index in [0.717, 1.165) is 40.8 Å². The van der Waals surface area contributed by atoms with Crippen molar-refractivity contribution in [3.63, 3.8) is 0 Å². The van der Waals surface area contributed by atoms with E-state index in [1.54, 1.807) is 6.07 Å². The van der Waals surface area contributed by atoms with Crippen LogP contribution in [0.2, 0.25) is 0 Å². The van der Waals surface area contributed by atoms with Crippen LogP contribution in [0.5, 0.6) is 5.75 Å². The quantitative estimate of drug-likeness (QED) is 0.788. The van der Waals surface area contributed by atoms with Gasteiger partial charge >= 0.3 is 5.97 Å². The summed E-state index contributed by atoms with van der Waals surface area (Å²) >= 11 is 0. The van der Waals surface area contributed by atoms with Gasteiger partial charge in [0.05, 0.1) is 11.1 Å². The van der Waals surface area contributed by atoms with Gasteiger partial charge in [0, 0.05) is 19.0 Å². The van der Waals surface area contributed by atoms with Gasteiger partial charge in [0.1, 0.15) is 17.4 Å². The summed E-state index contributed by atoms with van der Waals surface area (Å²) in [5.74, 6) is 0.634. The van der Waals surface area contributed by atoms with Crippen molar-refractivity contribution in [2.45, 2.75) is 32.3 Å². The number of aromatic carboxylic acids is 1. The van der Waals surface area contributed by atoms with Crippen LogP contribution in [0, 0.1) is 0 Å². The van der Waals surface area contributed by atoms with Crippen molar-refractivity contribution in [3.05, 3.63) is 58.9 Å². The number of carboxylic acid groups (broad SMARTS) is 1. The van der Waals surface area contributed by atoms with Crippen molar-refractivity contribution in [1.29, 1.82) is 0 Å². The second kappa shape index (κ2) is 5.92. The van der Waals surface area contributed by atoms with Gasteiger partial charge in [-0.25, -0.2) is 9.78 Å². The summed E-state index contributed by atoms with van der Waals surface area (Å²) in [7, 11) is 1.92. The molecule has 4 rings (SSSR count). The molecule has 5 heteroatoms. The zero-order chi connectivity index (χ0) is 17.6. The van der Waals surface area contributed by atoms with Crippen molar-refractivity contribution in [2.24, 2.45) is 7.05 Å². The van der Waals surface area contributed by atoms with E-state index in [1.165, 1.54) is 0 Å². The molecule has 0 saturated heterocycles. The topological polar surface area (TPSA) is 64.3 Å². The fraction of sp³-hybridized carbons (Fsp3) is 0.300. The van der Waals surface area contributed by atoms with Gasteiger partial charge in [-0.05, 0) is 24.5 Å². The van der Waals surface area contributed by atoms with Crippen LogP contribution >= 0.6 is 0 Å². The van der Waals surface area contributed by atoms with Crippen LogP contribution in [-0.4, -0.2) is 20.6 Å². The minimum atomic E-state index is -0.917. The van der Waals surface area contributed by atoms with E-state index in [4.69, 9.17) is 9.72 Å². The number of fused-ring (bicyclic) bond motifs is 3. The highest BCUT2D eigenvalue weighted by Crippen LogP contribution is 2.41. The minimum absolute atomic E-state index is 0.0759. The van der Waals surface area contributed by atoms with Gasteiger partial charge in [-0.2, -0.15) is 0 Å². The summed E-state index contributed by atoms with van der Waals surface area (Å²) in [6, 6.07) is 11.8. The van der Waals surface area contributed by atoms with Crippen molar-refractivity contribution < 1.29 is 14.6 Å². The molecule has 1 N–H and O–H groups in total. The number of aryl methyl sites for hydroxylation is 2. The molecule has 1 atom stereocenters. The van der Waals surface area contributed by atoms with Crippen molar-refractivity contribution in [3.8, 4) is 5.75 Å². The van der Waals surface area contributed by atoms with E-state index in [9.17, 15) is 9.90 Å². The van der Waals surface area contributed by atoms with E-state index < -0.39 is 5.97 Å². The Balaban J connectivity index is 1.91. The zero-order valence-electron chi connectivity index (χ0n) is 14.3. The third-order valence-electron chi connectivity index (χ3n) is 4.96. The van der Waals surface area contributed by atoms with Gasteiger partial charge in [-0.3, -0.25) is 0 Å². The highest BCUT2D eigenvalue weighted by atomic mass is 16.5. The first-order valence-corrected chi connectivity index (χ1v) is 8.56. The Morgan fingerprint density at radius 3 is 2.80 bits per heavy atom. The molecular formula is C20H20N2O3. The molecule has 0 bridgehead atoms. The number of imidazole rings is 1. The lowest BCUT2D eigenvalue weighted by atomic mass is 9.93. The number of hydrogen-bond donors (Lipinski definition) is 1. The first-order valence-electron chi connectivity index (χ1n) is 8.56. The maximum atomic E-state index is 11.8. The fourth-order valence-electron chi connectivity index (χ4n) is 3.64. The monoisotopic (exact) mass is 336 g/mol. The molecule has 1 aliphatic rings. The Hall–Kier alpha value is -2.82. The number of ether oxygens (including phenoxy) is 1. The number of hydrogen-bond acceptors (Lipinski definition) is 3. The Morgan fingerprint density at radius 1 is 1.36 bits per heavy atom. The van der Waals surface area contributed by atoms with Crippen LogP contribution in [0.15, 0.2) is 36.4 Å². The SMILES string of the molecule is CCc1nc2c3c(c(C(=O)O)cc2n1C)CCC(c1ccccc1)O3. The van der Waals surface area contributed by atoms with Crippen LogP contribution in [0.25, 0.3) is 11.0 Å². The largest absolute Gasteiger partial charge is 0.483 e. The highest BCUT2D eigenvalue weighted by Gasteiger charge is 2.29. The molecule has 0 fully saturated rings. The third-order valence-corrected chi connectivity index (χ3v) is 4.96. The number of nitrogens with zero attached hydrogens (tertiary/aromatic N) is 2. The van der Waals surface area contributed by atoms with Gasteiger partial charge in [0.2, 0.25) is 0 Å². The molecule has 0 saturated carbocycles. The summed E-state index contributed by atoms with van der Waals surface area (Å²) in [6.07, 6.45) is 2.14. The predicted molar refractivity (Wildman–Crippen MR) is 95.2 cm³/mol. The average molecular weight is 336 g/mol. The van der Waals surface area contributed by atoms with Gasteiger partial charge < -0.3 is 14.4 Å². The van der Waals surface area contributed by atoms with E-state index in [0.29, 0.717) is 17.7 Å². The number of carbonyl (C=O) groups is 1. The fourth-order valence-corrected chi connectivity index (χ4v) is 3.64. The van der Waals surface area contributed by atoms with E-state index in [2.05, 4.69) is 0 Å². The first-order chi connectivity index (χ1) is 12.1. The second-order valence-electron chi connectivity index (χ2n) is 6.40. The number of benzene rings is 2. The molecule has 25 heavy (non-hydrogen) atoms. The van der Waals surface area contributed by atoms with Gasteiger partial charge in [-0.15, -0.1) is 0 Å². The molecule has 1 aliphatic heterocycles. The molecule has 0 aliphatic carbocycles. The summed E-state index contributed by atoms with van der Waals surface area (Å²) in [5, 5.41) is 9.65. The molecule has 5 nitrogen and oxygen atoms in total. The molecule has 0 amide bonds. The molecule has 2 heterocycles. The maximum Gasteiger partial charge on any atom is 0.336 e. The maximum absolute atomic E-state index is 11.8. The lowest BCUT2D eigenvalue weighted by Gasteiger charge is -2.27. The van der Waals surface area contributed by atoms with Crippen LogP contribution in [0.1, 0.15) is 46.8 Å². The summed E-state index contributed by atoms with van der Waals surface area (Å²) in [4.78, 5) is 16.5. The lowest BCUT2D eigenvalue weighted by Crippen LogP contribution is -2.18. The number of rotatable bonds is 3. The Bertz CT molecular complexity index is 960. The normalized spacial score (nSPS) is 16.5. The van der Waals surface area contributed by atoms with E-state index in [-0.39, 0.29) is 6.10 Å². The average Bonchev–Trinajstić information content (AvgIpc) is 2.97. The van der Waals surface area contributed by atoms with E-state index >= 15 is 0 Å². The molecule has 0 radical (unpaired) electrons. The van der Waals surface area contributed by atoms with Crippen LogP contribution in [0.4, 0.5) is 0 Å². The molecule has 0 spiro atoms. The Kier molecular flexibility index (Phi) is 3.71. The van der Waals surface area contributed by atoms with Gasteiger partial charge in [-0.1, -0.05) is 37.3 Å². The van der Waals surface area contributed by atoms with Crippen LogP contribution in [-0.2, 0) is 19.9 Å². The minimum Gasteiger partial charge on any atom is -0.483 e. The standard InChI is InChI=1S/C20H20N2O3/c1-3-17-21-18-15(22(17)2)11-14(20(23)24)13-9-10-16(25-19(13)18)12-7-5-4-6-8-12/h4-8,11,16H,3,9-10H2,1-2H3,(H,23,24). The molecule has 128 valence electrons. The highest BCUT2D eigenvalue weighted by molar-refractivity contribution is 5.98. The van der Waals surface area contributed by atoms with Crippen LogP contribution in [0.3, 0.4) is 0 Å². The van der Waals surface area contributed by atoms with Crippen molar-refractivity contribution in [1.82, 2.24) is 9.55 Å². The zero-order valence-corrected chi connectivity index (χ0v) is 14.3. The molecule has 2 aromatic carbocycles. The second-order valence-corrected chi connectivity index (χ2v) is 6.40. The summed E-state index contributed by atoms with van der Waals surface area (Å²) < 4.78 is 8.25. The Morgan fingerprint density at radius 2 is 2.12 bits per heavy atom. The van der Waals surface area contributed by atoms with Crippen LogP contribution < -0.4 is 4.74 Å². The summed E-state index contributed by atoms with van der Waals surface area (Å²) in [6.45, 7) is 2.04.